The maximum atomic E-state index is 6.44. The van der Waals surface area contributed by atoms with Gasteiger partial charge in [0.1, 0.15) is 12.4 Å². The van der Waals surface area contributed by atoms with E-state index in [1.807, 2.05) is 32.3 Å². The van der Waals surface area contributed by atoms with Gasteiger partial charge in [-0.05, 0) is 50.6 Å². The van der Waals surface area contributed by atoms with Gasteiger partial charge in [0.25, 0.3) is 0 Å². The average molecular weight is 332 g/mol. The Morgan fingerprint density at radius 3 is 2.87 bits per heavy atom. The molecule has 0 saturated heterocycles. The maximum Gasteiger partial charge on any atom is 0.123 e. The minimum absolute atomic E-state index is 0.610. The lowest BCUT2D eigenvalue weighted by atomic mass is 10.1. The van der Waals surface area contributed by atoms with Gasteiger partial charge in [-0.15, -0.1) is 0 Å². The number of likely N-dealkylation sites (N-methyl/N-ethyl adjacent to an activating group) is 1. The van der Waals surface area contributed by atoms with Crippen LogP contribution in [0, 0.1) is 5.92 Å². The highest BCUT2D eigenvalue weighted by Crippen LogP contribution is 2.33. The van der Waals surface area contributed by atoms with Crippen molar-refractivity contribution in [1.82, 2.24) is 14.9 Å². The Morgan fingerprint density at radius 1 is 1.26 bits per heavy atom. The molecule has 3 rings (SSSR count). The zero-order chi connectivity index (χ0) is 16.4. The summed E-state index contributed by atoms with van der Waals surface area (Å²) in [6, 6.07) is 5.72. The number of hydrogen-bond acceptors (Lipinski definition) is 4. The van der Waals surface area contributed by atoms with E-state index in [1.165, 1.54) is 5.56 Å². The van der Waals surface area contributed by atoms with Crippen LogP contribution in [-0.4, -0.2) is 42.1 Å². The monoisotopic (exact) mass is 331 g/mol. The van der Waals surface area contributed by atoms with Crippen LogP contribution in [0.5, 0.6) is 5.75 Å². The van der Waals surface area contributed by atoms with Crippen molar-refractivity contribution < 1.29 is 4.74 Å². The van der Waals surface area contributed by atoms with Crippen molar-refractivity contribution in [3.63, 3.8) is 0 Å². The Labute approximate surface area is 142 Å². The first kappa shape index (κ1) is 16.2. The van der Waals surface area contributed by atoms with E-state index in [-0.39, 0.29) is 0 Å². The largest absolute Gasteiger partial charge is 0.492 e. The first-order chi connectivity index (χ1) is 11.0. The molecule has 23 heavy (non-hydrogen) atoms. The minimum Gasteiger partial charge on any atom is -0.492 e. The van der Waals surface area contributed by atoms with E-state index in [2.05, 4.69) is 16.8 Å². The SMILES string of the molecule is CC1Cc2nc(-c3cc(OCCN(C)C)ccn3)cc(Cl)c2C1. The molecule has 1 unspecified atom stereocenters. The van der Waals surface area contributed by atoms with Crippen LogP contribution < -0.4 is 4.74 Å². The first-order valence-electron chi connectivity index (χ1n) is 7.95. The molecule has 2 heterocycles. The van der Waals surface area contributed by atoms with Crippen molar-refractivity contribution in [2.45, 2.75) is 19.8 Å². The van der Waals surface area contributed by atoms with Gasteiger partial charge in [-0.2, -0.15) is 0 Å². The van der Waals surface area contributed by atoms with E-state index in [4.69, 9.17) is 21.3 Å². The molecule has 0 fully saturated rings. The third-order valence-corrected chi connectivity index (χ3v) is 4.39. The van der Waals surface area contributed by atoms with Crippen LogP contribution in [0.4, 0.5) is 0 Å². The second-order valence-electron chi connectivity index (χ2n) is 6.46. The lowest BCUT2D eigenvalue weighted by molar-refractivity contribution is 0.261. The van der Waals surface area contributed by atoms with Crippen molar-refractivity contribution in [3.8, 4) is 17.1 Å². The third kappa shape index (κ3) is 3.82. The zero-order valence-corrected chi connectivity index (χ0v) is 14.6. The van der Waals surface area contributed by atoms with Crippen LogP contribution in [0.2, 0.25) is 5.02 Å². The van der Waals surface area contributed by atoms with E-state index in [1.54, 1.807) is 6.20 Å². The van der Waals surface area contributed by atoms with Gasteiger partial charge < -0.3 is 9.64 Å². The van der Waals surface area contributed by atoms with Crippen LogP contribution in [0.15, 0.2) is 24.4 Å². The number of ether oxygens (including phenoxy) is 1. The molecule has 0 aromatic carbocycles. The molecule has 0 aliphatic heterocycles. The molecule has 1 aliphatic rings. The molecule has 5 heteroatoms. The molecule has 2 aromatic rings. The summed E-state index contributed by atoms with van der Waals surface area (Å²) < 4.78 is 5.78. The lowest BCUT2D eigenvalue weighted by Crippen LogP contribution is -2.19. The van der Waals surface area contributed by atoms with Crippen molar-refractivity contribution in [2.75, 3.05) is 27.2 Å². The Balaban J connectivity index is 1.82. The Hall–Kier alpha value is -1.65. The summed E-state index contributed by atoms with van der Waals surface area (Å²) in [5, 5.41) is 0.801. The molecule has 122 valence electrons. The molecule has 0 bridgehead atoms. The van der Waals surface area contributed by atoms with Crippen LogP contribution in [0.1, 0.15) is 18.2 Å². The Bertz CT molecular complexity index is 703. The van der Waals surface area contributed by atoms with Crippen LogP contribution in [-0.2, 0) is 12.8 Å². The van der Waals surface area contributed by atoms with Gasteiger partial charge in [-0.3, -0.25) is 9.97 Å². The van der Waals surface area contributed by atoms with Gasteiger partial charge >= 0.3 is 0 Å². The normalized spacial score (nSPS) is 16.7. The molecule has 1 atom stereocenters. The third-order valence-electron chi connectivity index (χ3n) is 4.05. The van der Waals surface area contributed by atoms with Gasteiger partial charge in [-0.1, -0.05) is 18.5 Å². The predicted octanol–water partition coefficient (Wildman–Crippen LogP) is 3.47. The fraction of sp³-hybridized carbons (Fsp3) is 0.444. The molecule has 0 N–H and O–H groups in total. The quantitative estimate of drug-likeness (QED) is 0.841. The van der Waals surface area contributed by atoms with Gasteiger partial charge in [0, 0.05) is 29.5 Å². The van der Waals surface area contributed by atoms with Gasteiger partial charge in [0.2, 0.25) is 0 Å². The topological polar surface area (TPSA) is 38.2 Å². The number of pyridine rings is 2. The highest BCUT2D eigenvalue weighted by Gasteiger charge is 2.23. The number of aromatic nitrogens is 2. The number of hydrogen-bond donors (Lipinski definition) is 0. The molecule has 2 aromatic heterocycles. The molecule has 0 radical (unpaired) electrons. The molecular weight excluding hydrogens is 310 g/mol. The number of rotatable bonds is 5. The van der Waals surface area contributed by atoms with E-state index in [9.17, 15) is 0 Å². The number of halogens is 1. The number of nitrogens with zero attached hydrogens (tertiary/aromatic N) is 3. The van der Waals surface area contributed by atoms with Crippen molar-refractivity contribution in [3.05, 3.63) is 40.7 Å². The molecular formula is C18H22ClN3O. The van der Waals surface area contributed by atoms with E-state index in [0.717, 1.165) is 47.2 Å². The summed E-state index contributed by atoms with van der Waals surface area (Å²) in [5.74, 6) is 1.42. The second-order valence-corrected chi connectivity index (χ2v) is 6.86. The van der Waals surface area contributed by atoms with Gasteiger partial charge in [-0.25, -0.2) is 0 Å². The molecule has 0 saturated carbocycles. The summed E-state index contributed by atoms with van der Waals surface area (Å²) in [6.45, 7) is 3.75. The Morgan fingerprint density at radius 2 is 2.09 bits per heavy atom. The van der Waals surface area contributed by atoms with Crippen LogP contribution in [0.25, 0.3) is 11.4 Å². The smallest absolute Gasteiger partial charge is 0.123 e. The summed E-state index contributed by atoms with van der Waals surface area (Å²) in [5.41, 5.74) is 3.93. The highest BCUT2D eigenvalue weighted by molar-refractivity contribution is 6.31. The Kier molecular flexibility index (Phi) is 4.83. The van der Waals surface area contributed by atoms with Gasteiger partial charge in [0.15, 0.2) is 0 Å². The molecule has 4 nitrogen and oxygen atoms in total. The highest BCUT2D eigenvalue weighted by atomic mass is 35.5. The standard InChI is InChI=1S/C18H22ClN3O/c1-12-8-14-15(19)11-18(21-16(14)9-12)17-10-13(4-5-20-17)23-7-6-22(2)3/h4-5,10-12H,6-9H2,1-3H3. The maximum absolute atomic E-state index is 6.44. The molecule has 0 spiro atoms. The summed E-state index contributed by atoms with van der Waals surface area (Å²) in [6.07, 6.45) is 3.76. The van der Waals surface area contributed by atoms with Gasteiger partial charge in [0.05, 0.1) is 11.4 Å². The fourth-order valence-corrected chi connectivity index (χ4v) is 3.13. The summed E-state index contributed by atoms with van der Waals surface area (Å²) in [7, 11) is 4.05. The van der Waals surface area contributed by atoms with E-state index >= 15 is 0 Å². The average Bonchev–Trinajstić information content (AvgIpc) is 2.88. The van der Waals surface area contributed by atoms with Crippen molar-refractivity contribution >= 4 is 11.6 Å². The molecule has 0 amide bonds. The zero-order valence-electron chi connectivity index (χ0n) is 13.8. The lowest BCUT2D eigenvalue weighted by Gasteiger charge is -2.12. The summed E-state index contributed by atoms with van der Waals surface area (Å²) in [4.78, 5) is 11.3. The van der Waals surface area contributed by atoms with Crippen molar-refractivity contribution in [2.24, 2.45) is 5.92 Å². The van der Waals surface area contributed by atoms with E-state index in [0.29, 0.717) is 12.5 Å². The van der Waals surface area contributed by atoms with Crippen LogP contribution in [0.3, 0.4) is 0 Å². The van der Waals surface area contributed by atoms with Crippen molar-refractivity contribution in [1.29, 1.82) is 0 Å². The number of fused-ring (bicyclic) bond motifs is 1. The predicted molar refractivity (Wildman–Crippen MR) is 93.1 cm³/mol. The molecule has 1 aliphatic carbocycles. The van der Waals surface area contributed by atoms with E-state index < -0.39 is 0 Å². The van der Waals surface area contributed by atoms with Crippen LogP contribution >= 0.6 is 11.6 Å². The first-order valence-corrected chi connectivity index (χ1v) is 8.33. The summed E-state index contributed by atoms with van der Waals surface area (Å²) >= 11 is 6.44. The second kappa shape index (κ2) is 6.85. The fourth-order valence-electron chi connectivity index (χ4n) is 2.84. The minimum atomic E-state index is 0.610.